The van der Waals surface area contributed by atoms with E-state index in [-0.39, 0.29) is 11.9 Å². The molecular formula is C15H24N2O3. The molecule has 0 radical (unpaired) electrons. The van der Waals surface area contributed by atoms with Crippen LogP contribution in [0.5, 0.6) is 0 Å². The van der Waals surface area contributed by atoms with Gasteiger partial charge in [0.1, 0.15) is 11.9 Å². The number of nitrogens with one attached hydrogen (secondary N) is 1. The monoisotopic (exact) mass is 280 g/mol. The van der Waals surface area contributed by atoms with Crippen molar-refractivity contribution < 1.29 is 14.3 Å². The molecule has 1 aromatic rings. The molecule has 2 atom stereocenters. The van der Waals surface area contributed by atoms with Crippen molar-refractivity contribution in [2.75, 3.05) is 13.1 Å². The first-order valence-corrected chi connectivity index (χ1v) is 7.35. The van der Waals surface area contributed by atoms with Gasteiger partial charge in [-0.2, -0.15) is 0 Å². The predicted molar refractivity (Wildman–Crippen MR) is 76.2 cm³/mol. The van der Waals surface area contributed by atoms with Crippen LogP contribution in [-0.4, -0.2) is 41.1 Å². The maximum atomic E-state index is 12.0. The number of carbonyl (C=O) groups excluding carboxylic acids is 1. The van der Waals surface area contributed by atoms with Crippen LogP contribution in [0.3, 0.4) is 0 Å². The summed E-state index contributed by atoms with van der Waals surface area (Å²) >= 11 is 0. The molecule has 1 fully saturated rings. The molecule has 0 aliphatic heterocycles. The summed E-state index contributed by atoms with van der Waals surface area (Å²) in [5, 5.41) is 12.9. The second-order valence-corrected chi connectivity index (χ2v) is 5.53. The molecular weight excluding hydrogens is 256 g/mol. The van der Waals surface area contributed by atoms with Gasteiger partial charge in [-0.15, -0.1) is 0 Å². The Morgan fingerprint density at radius 2 is 2.35 bits per heavy atom. The van der Waals surface area contributed by atoms with Gasteiger partial charge in [0.2, 0.25) is 5.91 Å². The summed E-state index contributed by atoms with van der Waals surface area (Å²) in [6.07, 6.45) is 3.72. The lowest BCUT2D eigenvalue weighted by Crippen LogP contribution is -2.42. The number of hydrogen-bond donors (Lipinski definition) is 2. The van der Waals surface area contributed by atoms with Crippen LogP contribution in [-0.2, 0) is 4.79 Å². The SMILES string of the molecule is CCN(CC(=O)NC(C)CC(O)c1ccco1)C1CC1. The number of carbonyl (C=O) groups is 1. The third-order valence-corrected chi connectivity index (χ3v) is 3.67. The average Bonchev–Trinajstić information content (AvgIpc) is 3.09. The van der Waals surface area contributed by atoms with Crippen molar-refractivity contribution in [3.05, 3.63) is 24.2 Å². The molecule has 20 heavy (non-hydrogen) atoms. The minimum atomic E-state index is -0.675. The third kappa shape index (κ3) is 4.35. The van der Waals surface area contributed by atoms with Gasteiger partial charge in [0.25, 0.3) is 0 Å². The van der Waals surface area contributed by atoms with Gasteiger partial charge in [0.15, 0.2) is 0 Å². The standard InChI is InChI=1S/C15H24N2O3/c1-3-17(12-6-7-12)10-15(19)16-11(2)9-13(18)14-5-4-8-20-14/h4-5,8,11-13,18H,3,6-7,9-10H2,1-2H3,(H,16,19). The van der Waals surface area contributed by atoms with Crippen LogP contribution >= 0.6 is 0 Å². The lowest BCUT2D eigenvalue weighted by atomic mass is 10.1. The Kier molecular flexibility index (Phi) is 5.20. The molecule has 2 unspecified atom stereocenters. The Balaban J connectivity index is 1.73. The Bertz CT molecular complexity index is 415. The predicted octanol–water partition coefficient (Wildman–Crippen LogP) is 1.69. The van der Waals surface area contributed by atoms with Gasteiger partial charge in [0, 0.05) is 18.5 Å². The molecule has 2 N–H and O–H groups in total. The number of hydrogen-bond acceptors (Lipinski definition) is 4. The van der Waals surface area contributed by atoms with Crippen LogP contribution in [0.4, 0.5) is 0 Å². The zero-order valence-electron chi connectivity index (χ0n) is 12.2. The number of aliphatic hydroxyl groups excluding tert-OH is 1. The highest BCUT2D eigenvalue weighted by atomic mass is 16.4. The zero-order chi connectivity index (χ0) is 14.5. The van der Waals surface area contributed by atoms with Gasteiger partial charge in [-0.3, -0.25) is 9.69 Å². The summed E-state index contributed by atoms with van der Waals surface area (Å²) in [4.78, 5) is 14.2. The normalized spacial score (nSPS) is 18.0. The zero-order valence-corrected chi connectivity index (χ0v) is 12.2. The summed E-state index contributed by atoms with van der Waals surface area (Å²) in [6, 6.07) is 4.00. The molecule has 1 amide bonds. The highest BCUT2D eigenvalue weighted by Gasteiger charge is 2.29. The third-order valence-electron chi connectivity index (χ3n) is 3.67. The Morgan fingerprint density at radius 1 is 1.60 bits per heavy atom. The smallest absolute Gasteiger partial charge is 0.234 e. The van der Waals surface area contributed by atoms with E-state index in [0.717, 1.165) is 6.54 Å². The molecule has 0 spiro atoms. The lowest BCUT2D eigenvalue weighted by molar-refractivity contribution is -0.123. The average molecular weight is 280 g/mol. The summed E-state index contributed by atoms with van der Waals surface area (Å²) in [6.45, 7) is 5.33. The molecule has 112 valence electrons. The van der Waals surface area contributed by atoms with Crippen molar-refractivity contribution in [1.82, 2.24) is 10.2 Å². The van der Waals surface area contributed by atoms with E-state index in [1.165, 1.54) is 19.1 Å². The van der Waals surface area contributed by atoms with Crippen LogP contribution in [0, 0.1) is 0 Å². The van der Waals surface area contributed by atoms with E-state index in [2.05, 4.69) is 17.1 Å². The maximum Gasteiger partial charge on any atom is 0.234 e. The summed E-state index contributed by atoms with van der Waals surface area (Å²) in [5.41, 5.74) is 0. The molecule has 1 aliphatic carbocycles. The van der Waals surface area contributed by atoms with Crippen LogP contribution in [0.1, 0.15) is 45.0 Å². The molecule has 2 rings (SSSR count). The van der Waals surface area contributed by atoms with Crippen molar-refractivity contribution in [3.8, 4) is 0 Å². The summed E-state index contributed by atoms with van der Waals surface area (Å²) in [7, 11) is 0. The minimum Gasteiger partial charge on any atom is -0.467 e. The molecule has 1 saturated carbocycles. The van der Waals surface area contributed by atoms with Gasteiger partial charge in [-0.25, -0.2) is 0 Å². The number of nitrogens with zero attached hydrogens (tertiary/aromatic N) is 1. The highest BCUT2D eigenvalue weighted by Crippen LogP contribution is 2.26. The van der Waals surface area contributed by atoms with Crippen molar-refractivity contribution in [3.63, 3.8) is 0 Å². The van der Waals surface area contributed by atoms with Crippen LogP contribution in [0.25, 0.3) is 0 Å². The van der Waals surface area contributed by atoms with Crippen molar-refractivity contribution in [1.29, 1.82) is 0 Å². The number of aliphatic hydroxyl groups is 1. The van der Waals surface area contributed by atoms with Gasteiger partial charge in [0.05, 0.1) is 12.8 Å². The molecule has 1 aromatic heterocycles. The maximum absolute atomic E-state index is 12.0. The molecule has 1 heterocycles. The lowest BCUT2D eigenvalue weighted by Gasteiger charge is -2.22. The minimum absolute atomic E-state index is 0.0258. The van der Waals surface area contributed by atoms with Gasteiger partial charge < -0.3 is 14.8 Å². The number of rotatable bonds is 8. The Hall–Kier alpha value is -1.33. The fraction of sp³-hybridized carbons (Fsp3) is 0.667. The fourth-order valence-corrected chi connectivity index (χ4v) is 2.43. The number of likely N-dealkylation sites (N-methyl/N-ethyl adjacent to an activating group) is 1. The number of amides is 1. The van der Waals surface area contributed by atoms with Gasteiger partial charge in [-0.1, -0.05) is 6.92 Å². The van der Waals surface area contributed by atoms with E-state index in [4.69, 9.17) is 4.42 Å². The second-order valence-electron chi connectivity index (χ2n) is 5.53. The first-order chi connectivity index (χ1) is 9.60. The summed E-state index contributed by atoms with van der Waals surface area (Å²) < 4.78 is 5.15. The van der Waals surface area contributed by atoms with E-state index in [0.29, 0.717) is 24.8 Å². The molecule has 0 aromatic carbocycles. The van der Waals surface area contributed by atoms with E-state index in [1.54, 1.807) is 12.1 Å². The Labute approximate surface area is 119 Å². The first kappa shape index (κ1) is 15.1. The highest BCUT2D eigenvalue weighted by molar-refractivity contribution is 5.78. The quantitative estimate of drug-likeness (QED) is 0.760. The van der Waals surface area contributed by atoms with Crippen LogP contribution in [0.15, 0.2) is 22.8 Å². The number of furan rings is 1. The second kappa shape index (κ2) is 6.90. The van der Waals surface area contributed by atoms with Crippen molar-refractivity contribution in [2.45, 2.75) is 51.3 Å². The van der Waals surface area contributed by atoms with E-state index in [9.17, 15) is 9.90 Å². The van der Waals surface area contributed by atoms with Crippen LogP contribution < -0.4 is 5.32 Å². The van der Waals surface area contributed by atoms with E-state index >= 15 is 0 Å². The molecule has 5 heteroatoms. The largest absolute Gasteiger partial charge is 0.467 e. The van der Waals surface area contributed by atoms with Gasteiger partial charge in [-0.05, 0) is 38.4 Å². The molecule has 0 bridgehead atoms. The fourth-order valence-electron chi connectivity index (χ4n) is 2.43. The topological polar surface area (TPSA) is 65.7 Å². The van der Waals surface area contributed by atoms with E-state index in [1.807, 2.05) is 6.92 Å². The molecule has 5 nitrogen and oxygen atoms in total. The van der Waals surface area contributed by atoms with E-state index < -0.39 is 6.10 Å². The van der Waals surface area contributed by atoms with Crippen molar-refractivity contribution in [2.24, 2.45) is 0 Å². The molecule has 1 aliphatic rings. The van der Waals surface area contributed by atoms with Crippen LogP contribution in [0.2, 0.25) is 0 Å². The Morgan fingerprint density at radius 3 is 2.90 bits per heavy atom. The van der Waals surface area contributed by atoms with Crippen molar-refractivity contribution >= 4 is 5.91 Å². The molecule has 0 saturated heterocycles. The summed E-state index contributed by atoms with van der Waals surface area (Å²) in [5.74, 6) is 0.567. The van der Waals surface area contributed by atoms with Gasteiger partial charge >= 0.3 is 0 Å². The first-order valence-electron chi connectivity index (χ1n) is 7.35.